The average Bonchev–Trinajstić information content (AvgIpc) is 2.56. The van der Waals surface area contributed by atoms with Gasteiger partial charge < -0.3 is 5.11 Å². The van der Waals surface area contributed by atoms with Gasteiger partial charge in [0.25, 0.3) is 0 Å². The van der Waals surface area contributed by atoms with Gasteiger partial charge in [-0.2, -0.15) is 0 Å². The van der Waals surface area contributed by atoms with Gasteiger partial charge in [0.1, 0.15) is 0 Å². The highest BCUT2D eigenvalue weighted by molar-refractivity contribution is 5.80. The third-order valence-electron chi connectivity index (χ3n) is 3.53. The molecule has 0 heterocycles. The number of aliphatic carboxylic acids is 1. The number of carbonyl (C=O) groups is 1. The highest BCUT2D eigenvalue weighted by Crippen LogP contribution is 2.05. The first kappa shape index (κ1) is 22.2. The van der Waals surface area contributed by atoms with Crippen molar-refractivity contribution in [2.24, 2.45) is 0 Å². The second kappa shape index (κ2) is 19.2. The largest absolute Gasteiger partial charge is 0.478 e. The summed E-state index contributed by atoms with van der Waals surface area (Å²) in [5, 5.41) is 8.41. The molecule has 0 amide bonds. The summed E-state index contributed by atoms with van der Waals surface area (Å²) in [4.78, 5) is 10.2. The monoisotopic (exact) mass is 330 g/mol. The zero-order valence-corrected chi connectivity index (χ0v) is 15.2. The number of hydrogen-bond acceptors (Lipinski definition) is 1. The molecule has 0 aromatic heterocycles. The van der Waals surface area contributed by atoms with Crippen LogP contribution in [-0.4, -0.2) is 11.1 Å². The third-order valence-corrected chi connectivity index (χ3v) is 3.53. The van der Waals surface area contributed by atoms with E-state index < -0.39 is 5.97 Å². The van der Waals surface area contributed by atoms with E-state index in [0.29, 0.717) is 0 Å². The average molecular weight is 331 g/mol. The Labute approximate surface area is 148 Å². The van der Waals surface area contributed by atoms with E-state index in [4.69, 9.17) is 5.11 Å². The van der Waals surface area contributed by atoms with E-state index in [1.807, 2.05) is 12.2 Å². The fourth-order valence-corrected chi connectivity index (χ4v) is 2.16. The molecule has 0 aromatic carbocycles. The summed E-state index contributed by atoms with van der Waals surface area (Å²) in [6.07, 6.45) is 31.7. The predicted octanol–water partition coefficient (Wildman–Crippen LogP) is 6.77. The zero-order valence-electron chi connectivity index (χ0n) is 15.2. The molecule has 0 aliphatic carbocycles. The molecule has 0 aliphatic rings. The molecule has 0 aliphatic heterocycles. The van der Waals surface area contributed by atoms with E-state index in [2.05, 4.69) is 37.3 Å². The van der Waals surface area contributed by atoms with Crippen LogP contribution in [0.25, 0.3) is 0 Å². The van der Waals surface area contributed by atoms with Crippen LogP contribution < -0.4 is 0 Å². The number of unbranched alkanes of at least 4 members (excludes halogenated alkanes) is 7. The smallest absolute Gasteiger partial charge is 0.328 e. The van der Waals surface area contributed by atoms with Crippen molar-refractivity contribution in [2.75, 3.05) is 0 Å². The Hall–Kier alpha value is -1.83. The molecule has 0 unspecified atom stereocenters. The van der Waals surface area contributed by atoms with Gasteiger partial charge in [-0.25, -0.2) is 4.79 Å². The van der Waals surface area contributed by atoms with Crippen LogP contribution in [0.15, 0.2) is 60.8 Å². The van der Waals surface area contributed by atoms with Crippen molar-refractivity contribution >= 4 is 5.97 Å². The molecule has 134 valence electrons. The van der Waals surface area contributed by atoms with E-state index >= 15 is 0 Å². The number of carboxylic acids is 1. The highest BCUT2D eigenvalue weighted by Gasteiger charge is 1.85. The molecule has 0 bridgehead atoms. The van der Waals surface area contributed by atoms with E-state index in [1.54, 1.807) is 6.08 Å². The van der Waals surface area contributed by atoms with Gasteiger partial charge >= 0.3 is 5.97 Å². The van der Waals surface area contributed by atoms with Crippen LogP contribution in [0.1, 0.15) is 71.1 Å². The normalized spacial score (nSPS) is 12.7. The van der Waals surface area contributed by atoms with Gasteiger partial charge in [0.05, 0.1) is 0 Å². The lowest BCUT2D eigenvalue weighted by molar-refractivity contribution is -0.131. The van der Waals surface area contributed by atoms with E-state index in [-0.39, 0.29) is 0 Å². The van der Waals surface area contributed by atoms with E-state index in [1.165, 1.54) is 57.4 Å². The quantitative estimate of drug-likeness (QED) is 0.156. The van der Waals surface area contributed by atoms with Crippen LogP contribution in [0.3, 0.4) is 0 Å². The minimum atomic E-state index is -0.916. The molecule has 0 saturated heterocycles. The summed E-state index contributed by atoms with van der Waals surface area (Å²) in [7, 11) is 0. The third kappa shape index (κ3) is 20.2. The predicted molar refractivity (Wildman–Crippen MR) is 105 cm³/mol. The maximum absolute atomic E-state index is 10.2. The van der Waals surface area contributed by atoms with Crippen molar-refractivity contribution in [3.05, 3.63) is 60.8 Å². The SMILES string of the molecule is CCCCC/C=C\C/C=C/CCCCCC=CC=C/C=C\C(=O)O. The van der Waals surface area contributed by atoms with Gasteiger partial charge in [-0.05, 0) is 44.9 Å². The van der Waals surface area contributed by atoms with E-state index in [0.717, 1.165) is 18.9 Å². The fraction of sp³-hybridized carbons (Fsp3) is 0.500. The standard InChI is InChI=1S/C22H34O2/c1-2-3-4-5-6-7-8-9-10-11-12-13-14-15-16-17-18-19-20-21-22(23)24/h6-7,9-10,16-21H,2-5,8,11-15H2,1H3,(H,23,24)/b7-6-,10-9+,17-16?,19-18?,21-20-. The van der Waals surface area contributed by atoms with Crippen molar-refractivity contribution < 1.29 is 9.90 Å². The summed E-state index contributed by atoms with van der Waals surface area (Å²) in [5.74, 6) is -0.916. The van der Waals surface area contributed by atoms with Gasteiger partial charge in [-0.3, -0.25) is 0 Å². The summed E-state index contributed by atoms with van der Waals surface area (Å²) in [6, 6.07) is 0. The first-order chi connectivity index (χ1) is 11.8. The molecule has 0 rings (SSSR count). The molecule has 1 N–H and O–H groups in total. The van der Waals surface area contributed by atoms with Crippen LogP contribution in [0.2, 0.25) is 0 Å². The number of allylic oxidation sites excluding steroid dienone is 9. The molecule has 0 atom stereocenters. The summed E-state index contributed by atoms with van der Waals surface area (Å²) < 4.78 is 0. The second-order valence-electron chi connectivity index (χ2n) is 5.82. The molecule has 2 heteroatoms. The maximum Gasteiger partial charge on any atom is 0.328 e. The lowest BCUT2D eigenvalue weighted by Crippen LogP contribution is -1.84. The topological polar surface area (TPSA) is 37.3 Å². The Morgan fingerprint density at radius 2 is 1.29 bits per heavy atom. The van der Waals surface area contributed by atoms with E-state index in [9.17, 15) is 4.79 Å². The molecule has 0 radical (unpaired) electrons. The van der Waals surface area contributed by atoms with Gasteiger partial charge in [-0.1, -0.05) is 80.9 Å². The zero-order chi connectivity index (χ0) is 17.7. The van der Waals surface area contributed by atoms with Crippen molar-refractivity contribution in [2.45, 2.75) is 71.1 Å². The van der Waals surface area contributed by atoms with Gasteiger partial charge in [0, 0.05) is 6.08 Å². The Balaban J connectivity index is 3.38. The Morgan fingerprint density at radius 3 is 1.92 bits per heavy atom. The fourth-order valence-electron chi connectivity index (χ4n) is 2.16. The van der Waals surface area contributed by atoms with Crippen LogP contribution in [0, 0.1) is 0 Å². The number of rotatable bonds is 15. The molecule has 24 heavy (non-hydrogen) atoms. The number of carboxylic acid groups (broad SMARTS) is 1. The molecular formula is C22H34O2. The van der Waals surface area contributed by atoms with Gasteiger partial charge in [-0.15, -0.1) is 0 Å². The Morgan fingerprint density at radius 1 is 0.708 bits per heavy atom. The summed E-state index contributed by atoms with van der Waals surface area (Å²) in [5.41, 5.74) is 0. The van der Waals surface area contributed by atoms with Gasteiger partial charge in [0.15, 0.2) is 0 Å². The molecule has 0 fully saturated rings. The first-order valence-corrected chi connectivity index (χ1v) is 9.30. The molecule has 2 nitrogen and oxygen atoms in total. The van der Waals surface area contributed by atoms with Gasteiger partial charge in [0.2, 0.25) is 0 Å². The summed E-state index contributed by atoms with van der Waals surface area (Å²) >= 11 is 0. The molecule has 0 spiro atoms. The first-order valence-electron chi connectivity index (χ1n) is 9.30. The molecule has 0 saturated carbocycles. The van der Waals surface area contributed by atoms with Crippen LogP contribution >= 0.6 is 0 Å². The molecule has 0 aromatic rings. The number of hydrogen-bond donors (Lipinski definition) is 1. The minimum absolute atomic E-state index is 0.916. The summed E-state index contributed by atoms with van der Waals surface area (Å²) in [6.45, 7) is 2.24. The van der Waals surface area contributed by atoms with Crippen LogP contribution in [0.4, 0.5) is 0 Å². The van der Waals surface area contributed by atoms with Crippen molar-refractivity contribution in [1.29, 1.82) is 0 Å². The van der Waals surface area contributed by atoms with Crippen LogP contribution in [0.5, 0.6) is 0 Å². The van der Waals surface area contributed by atoms with Crippen LogP contribution in [-0.2, 0) is 4.79 Å². The molecular weight excluding hydrogens is 296 g/mol. The highest BCUT2D eigenvalue weighted by atomic mass is 16.4. The van der Waals surface area contributed by atoms with Crippen molar-refractivity contribution in [3.8, 4) is 0 Å². The van der Waals surface area contributed by atoms with Crippen molar-refractivity contribution in [1.82, 2.24) is 0 Å². The Bertz CT molecular complexity index is 425. The second-order valence-corrected chi connectivity index (χ2v) is 5.82. The Kier molecular flexibility index (Phi) is 17.8. The minimum Gasteiger partial charge on any atom is -0.478 e. The maximum atomic E-state index is 10.2. The van der Waals surface area contributed by atoms with Crippen molar-refractivity contribution in [3.63, 3.8) is 0 Å². The lowest BCUT2D eigenvalue weighted by Gasteiger charge is -1.95. The lowest BCUT2D eigenvalue weighted by atomic mass is 10.1.